The Morgan fingerprint density at radius 3 is 2.75 bits per heavy atom. The lowest BCUT2D eigenvalue weighted by Crippen LogP contribution is -2.28. The van der Waals surface area contributed by atoms with Crippen LogP contribution in [-0.4, -0.2) is 22.2 Å². The lowest BCUT2D eigenvalue weighted by molar-refractivity contribution is 0.0989. The fraction of sp³-hybridized carbons (Fsp3) is 0.111. The summed E-state index contributed by atoms with van der Waals surface area (Å²) >= 11 is 9.38. The summed E-state index contributed by atoms with van der Waals surface area (Å²) in [6, 6.07) is 13.3. The zero-order chi connectivity index (χ0) is 16.7. The molecule has 0 saturated carbocycles. The van der Waals surface area contributed by atoms with Crippen LogP contribution in [-0.2, 0) is 6.42 Å². The van der Waals surface area contributed by atoms with Gasteiger partial charge in [0.05, 0.1) is 17.4 Å². The van der Waals surface area contributed by atoms with Gasteiger partial charge in [0.1, 0.15) is 0 Å². The lowest BCUT2D eigenvalue weighted by atomic mass is 10.2. The van der Waals surface area contributed by atoms with Crippen LogP contribution in [0.15, 0.2) is 59.3 Å². The maximum Gasteiger partial charge on any atom is 0.261 e. The molecule has 4 nitrogen and oxygen atoms in total. The summed E-state index contributed by atoms with van der Waals surface area (Å²) in [5, 5.41) is 4.97. The highest BCUT2D eigenvalue weighted by Crippen LogP contribution is 2.31. The van der Waals surface area contributed by atoms with E-state index in [1.165, 1.54) is 5.56 Å². The fourth-order valence-corrected chi connectivity index (χ4v) is 3.44. The molecular weight excluding hydrogens is 390 g/mol. The molecule has 0 atom stereocenters. The fourth-order valence-electron chi connectivity index (χ4n) is 2.91. The molecule has 0 saturated heterocycles. The molecule has 1 amide bonds. The standard InChI is InChI=1S/C18H13BrClN3O/c19-14-1-6-17-12(9-14)7-8-22(17)18(24)13-10-21-23(11-13)16-4-2-15(20)3-5-16/h1-6,9-11H,7-8H2. The van der Waals surface area contributed by atoms with Gasteiger partial charge in [-0.3, -0.25) is 4.79 Å². The Bertz CT molecular complexity index is 920. The minimum Gasteiger partial charge on any atom is -0.308 e. The highest BCUT2D eigenvalue weighted by Gasteiger charge is 2.26. The minimum atomic E-state index is -0.0312. The Labute approximate surface area is 152 Å². The van der Waals surface area contributed by atoms with Crippen LogP contribution >= 0.6 is 27.5 Å². The van der Waals surface area contributed by atoms with Gasteiger partial charge in [-0.1, -0.05) is 27.5 Å². The number of rotatable bonds is 2. The summed E-state index contributed by atoms with van der Waals surface area (Å²) in [6.07, 6.45) is 4.22. The highest BCUT2D eigenvalue weighted by atomic mass is 79.9. The number of anilines is 1. The highest BCUT2D eigenvalue weighted by molar-refractivity contribution is 9.10. The molecule has 0 radical (unpaired) electrons. The van der Waals surface area contributed by atoms with Gasteiger partial charge < -0.3 is 4.90 Å². The Morgan fingerprint density at radius 1 is 1.17 bits per heavy atom. The molecule has 0 fully saturated rings. The largest absolute Gasteiger partial charge is 0.308 e. The average molecular weight is 403 g/mol. The van der Waals surface area contributed by atoms with E-state index >= 15 is 0 Å². The van der Waals surface area contributed by atoms with Crippen molar-refractivity contribution < 1.29 is 4.79 Å². The molecule has 0 aliphatic carbocycles. The third-order valence-electron chi connectivity index (χ3n) is 4.10. The number of hydrogen-bond donors (Lipinski definition) is 0. The van der Waals surface area contributed by atoms with Crippen LogP contribution in [0.25, 0.3) is 5.69 Å². The van der Waals surface area contributed by atoms with E-state index in [1.807, 2.05) is 29.2 Å². The van der Waals surface area contributed by atoms with Gasteiger partial charge in [0.15, 0.2) is 0 Å². The van der Waals surface area contributed by atoms with E-state index in [9.17, 15) is 4.79 Å². The van der Waals surface area contributed by atoms with Gasteiger partial charge in [-0.2, -0.15) is 5.10 Å². The molecule has 24 heavy (non-hydrogen) atoms. The molecule has 1 aromatic heterocycles. The van der Waals surface area contributed by atoms with E-state index in [2.05, 4.69) is 27.1 Å². The number of aromatic nitrogens is 2. The Hall–Kier alpha value is -2.11. The molecular formula is C18H13BrClN3O. The predicted molar refractivity (Wildman–Crippen MR) is 98.1 cm³/mol. The van der Waals surface area contributed by atoms with Gasteiger partial charge in [0, 0.05) is 27.9 Å². The van der Waals surface area contributed by atoms with Crippen molar-refractivity contribution in [1.82, 2.24) is 9.78 Å². The first-order valence-corrected chi connectivity index (χ1v) is 8.70. The van der Waals surface area contributed by atoms with Crippen molar-refractivity contribution in [1.29, 1.82) is 0 Å². The Balaban J connectivity index is 1.62. The van der Waals surface area contributed by atoms with Gasteiger partial charge in [-0.05, 0) is 54.4 Å². The van der Waals surface area contributed by atoms with Gasteiger partial charge in [-0.25, -0.2) is 4.68 Å². The summed E-state index contributed by atoms with van der Waals surface area (Å²) in [5.74, 6) is -0.0312. The summed E-state index contributed by atoms with van der Waals surface area (Å²) in [5.41, 5.74) is 3.59. The molecule has 1 aliphatic heterocycles. The van der Waals surface area contributed by atoms with E-state index in [0.717, 1.165) is 22.3 Å². The second kappa shape index (κ2) is 6.07. The zero-order valence-corrected chi connectivity index (χ0v) is 15.0. The maximum absolute atomic E-state index is 12.8. The van der Waals surface area contributed by atoms with Crippen molar-refractivity contribution in [2.45, 2.75) is 6.42 Å². The average Bonchev–Trinajstić information content (AvgIpc) is 3.21. The number of carbonyl (C=O) groups excluding carboxylic acids is 1. The van der Waals surface area contributed by atoms with E-state index in [4.69, 9.17) is 11.6 Å². The third-order valence-corrected chi connectivity index (χ3v) is 4.85. The predicted octanol–water partition coefficient (Wildman–Crippen LogP) is 4.49. The quantitative estimate of drug-likeness (QED) is 0.633. The maximum atomic E-state index is 12.8. The summed E-state index contributed by atoms with van der Waals surface area (Å²) in [6.45, 7) is 0.691. The molecule has 2 aromatic carbocycles. The lowest BCUT2D eigenvalue weighted by Gasteiger charge is -2.16. The number of nitrogens with zero attached hydrogens (tertiary/aromatic N) is 3. The van der Waals surface area contributed by atoms with Gasteiger partial charge in [-0.15, -0.1) is 0 Å². The number of amides is 1. The Morgan fingerprint density at radius 2 is 1.96 bits per heavy atom. The first-order valence-electron chi connectivity index (χ1n) is 7.53. The van der Waals surface area contributed by atoms with Crippen molar-refractivity contribution in [2.24, 2.45) is 0 Å². The molecule has 2 heterocycles. The third kappa shape index (κ3) is 2.74. The van der Waals surface area contributed by atoms with E-state index in [0.29, 0.717) is 17.1 Å². The van der Waals surface area contributed by atoms with Gasteiger partial charge in [0.2, 0.25) is 0 Å². The molecule has 0 N–H and O–H groups in total. The van der Waals surface area contributed by atoms with E-state index in [-0.39, 0.29) is 5.91 Å². The van der Waals surface area contributed by atoms with Crippen molar-refractivity contribution in [3.63, 3.8) is 0 Å². The number of hydrogen-bond acceptors (Lipinski definition) is 2. The normalized spacial score (nSPS) is 13.2. The van der Waals surface area contributed by atoms with E-state index in [1.54, 1.807) is 29.2 Å². The zero-order valence-electron chi connectivity index (χ0n) is 12.6. The molecule has 1 aliphatic rings. The minimum absolute atomic E-state index is 0.0312. The van der Waals surface area contributed by atoms with Gasteiger partial charge >= 0.3 is 0 Å². The van der Waals surface area contributed by atoms with Gasteiger partial charge in [0.25, 0.3) is 5.91 Å². The number of halogens is 2. The number of fused-ring (bicyclic) bond motifs is 1. The monoisotopic (exact) mass is 401 g/mol. The van der Waals surface area contributed by atoms with Crippen molar-refractivity contribution in [2.75, 3.05) is 11.4 Å². The smallest absolute Gasteiger partial charge is 0.261 e. The van der Waals surface area contributed by atoms with Crippen LogP contribution in [0, 0.1) is 0 Å². The Kier molecular flexibility index (Phi) is 3.90. The molecule has 0 bridgehead atoms. The van der Waals surface area contributed by atoms with Crippen LogP contribution in [0.5, 0.6) is 0 Å². The summed E-state index contributed by atoms with van der Waals surface area (Å²) in [4.78, 5) is 14.6. The topological polar surface area (TPSA) is 38.1 Å². The first-order chi connectivity index (χ1) is 11.6. The second-order valence-electron chi connectivity index (χ2n) is 5.63. The molecule has 0 unspecified atom stereocenters. The van der Waals surface area contributed by atoms with Crippen LogP contribution in [0.3, 0.4) is 0 Å². The van der Waals surface area contributed by atoms with Crippen molar-refractivity contribution >= 4 is 39.1 Å². The van der Waals surface area contributed by atoms with E-state index < -0.39 is 0 Å². The molecule has 4 rings (SSSR count). The van der Waals surface area contributed by atoms with Crippen molar-refractivity contribution in [3.8, 4) is 5.69 Å². The van der Waals surface area contributed by atoms with Crippen LogP contribution in [0.1, 0.15) is 15.9 Å². The van der Waals surface area contributed by atoms with Crippen LogP contribution in [0.2, 0.25) is 5.02 Å². The molecule has 0 spiro atoms. The summed E-state index contributed by atoms with van der Waals surface area (Å²) in [7, 11) is 0. The molecule has 6 heteroatoms. The number of benzene rings is 2. The van der Waals surface area contributed by atoms with Crippen LogP contribution < -0.4 is 4.90 Å². The van der Waals surface area contributed by atoms with Crippen molar-refractivity contribution in [3.05, 3.63) is 75.5 Å². The first kappa shape index (κ1) is 15.4. The molecule has 3 aromatic rings. The second-order valence-corrected chi connectivity index (χ2v) is 6.98. The SMILES string of the molecule is O=C(c1cnn(-c2ccc(Cl)cc2)c1)N1CCc2cc(Br)ccc21. The number of carbonyl (C=O) groups is 1. The summed E-state index contributed by atoms with van der Waals surface area (Å²) < 4.78 is 2.72. The molecule has 120 valence electrons. The van der Waals surface area contributed by atoms with Crippen LogP contribution in [0.4, 0.5) is 5.69 Å².